The number of carbonyl (C=O) groups is 1. The van der Waals surface area contributed by atoms with Gasteiger partial charge < -0.3 is 14.6 Å². The molecular formula is C20H24N2O3. The monoisotopic (exact) mass is 340 g/mol. The largest absolute Gasteiger partial charge is 0.490 e. The standard InChI is InChI=1S/C20H24N2O3/c23-19(12-14-22-13-6-5-11-20(22)24)21-15-16-7-1-4-10-18(16)25-17-8-2-3-9-17/h1,4-7,10-11,13,17H,2-3,8-9,12,14-15H2,(H,21,23). The Labute approximate surface area is 147 Å². The van der Waals surface area contributed by atoms with Crippen LogP contribution in [-0.4, -0.2) is 16.6 Å². The number of hydrogen-bond acceptors (Lipinski definition) is 3. The van der Waals surface area contributed by atoms with E-state index in [0.717, 1.165) is 24.2 Å². The minimum Gasteiger partial charge on any atom is -0.490 e. The maximum Gasteiger partial charge on any atom is 0.250 e. The van der Waals surface area contributed by atoms with Gasteiger partial charge in [0.1, 0.15) is 5.75 Å². The lowest BCUT2D eigenvalue weighted by Crippen LogP contribution is -2.27. The van der Waals surface area contributed by atoms with E-state index < -0.39 is 0 Å². The van der Waals surface area contributed by atoms with E-state index in [9.17, 15) is 9.59 Å². The highest BCUT2D eigenvalue weighted by molar-refractivity contribution is 5.75. The van der Waals surface area contributed by atoms with Crippen molar-refractivity contribution in [3.63, 3.8) is 0 Å². The highest BCUT2D eigenvalue weighted by Gasteiger charge is 2.17. The van der Waals surface area contributed by atoms with E-state index in [1.807, 2.05) is 24.3 Å². The normalized spacial score (nSPS) is 14.4. The maximum absolute atomic E-state index is 12.1. The number of ether oxygens (including phenoxy) is 1. The van der Waals surface area contributed by atoms with Crippen molar-refractivity contribution >= 4 is 5.91 Å². The van der Waals surface area contributed by atoms with E-state index in [2.05, 4.69) is 5.32 Å². The molecule has 5 heteroatoms. The summed E-state index contributed by atoms with van der Waals surface area (Å²) >= 11 is 0. The Balaban J connectivity index is 1.51. The van der Waals surface area contributed by atoms with Crippen molar-refractivity contribution in [2.45, 2.75) is 51.3 Å². The Kier molecular flexibility index (Phi) is 5.88. The van der Waals surface area contributed by atoms with Crippen molar-refractivity contribution in [3.05, 3.63) is 64.6 Å². The molecule has 1 heterocycles. The van der Waals surface area contributed by atoms with Crippen molar-refractivity contribution in [1.29, 1.82) is 0 Å². The van der Waals surface area contributed by atoms with Crippen LogP contribution in [0.1, 0.15) is 37.7 Å². The minimum absolute atomic E-state index is 0.0774. The first-order valence-corrected chi connectivity index (χ1v) is 8.89. The lowest BCUT2D eigenvalue weighted by atomic mass is 10.2. The summed E-state index contributed by atoms with van der Waals surface area (Å²) in [6.45, 7) is 0.817. The van der Waals surface area contributed by atoms with Gasteiger partial charge in [-0.3, -0.25) is 9.59 Å². The molecule has 0 bridgehead atoms. The molecule has 1 aliphatic rings. The summed E-state index contributed by atoms with van der Waals surface area (Å²) in [5, 5.41) is 2.92. The van der Waals surface area contributed by atoms with Crippen LogP contribution in [0.3, 0.4) is 0 Å². The number of aryl methyl sites for hydroxylation is 1. The topological polar surface area (TPSA) is 60.3 Å². The van der Waals surface area contributed by atoms with Gasteiger partial charge in [0.15, 0.2) is 0 Å². The second-order valence-electron chi connectivity index (χ2n) is 6.39. The van der Waals surface area contributed by atoms with Gasteiger partial charge in [-0.15, -0.1) is 0 Å². The summed E-state index contributed by atoms with van der Waals surface area (Å²) in [6, 6.07) is 12.8. The maximum atomic E-state index is 12.1. The van der Waals surface area contributed by atoms with Crippen LogP contribution < -0.4 is 15.6 Å². The Morgan fingerprint density at radius 3 is 2.68 bits per heavy atom. The molecule has 1 aliphatic carbocycles. The predicted molar refractivity (Wildman–Crippen MR) is 96.5 cm³/mol. The van der Waals surface area contributed by atoms with Crippen molar-refractivity contribution in [2.24, 2.45) is 0 Å². The number of pyridine rings is 1. The second kappa shape index (κ2) is 8.51. The quantitative estimate of drug-likeness (QED) is 0.843. The zero-order chi connectivity index (χ0) is 17.5. The molecule has 1 amide bonds. The number of nitrogens with zero attached hydrogens (tertiary/aromatic N) is 1. The number of amides is 1. The number of aromatic nitrogens is 1. The molecule has 3 rings (SSSR count). The molecule has 0 atom stereocenters. The highest BCUT2D eigenvalue weighted by Crippen LogP contribution is 2.26. The first kappa shape index (κ1) is 17.3. The van der Waals surface area contributed by atoms with E-state index in [4.69, 9.17) is 4.74 Å². The molecule has 1 N–H and O–H groups in total. The molecule has 0 spiro atoms. The molecule has 0 radical (unpaired) electrons. The van der Waals surface area contributed by atoms with Gasteiger partial charge in [0.25, 0.3) is 5.56 Å². The fourth-order valence-corrected chi connectivity index (χ4v) is 3.10. The molecule has 2 aromatic rings. The summed E-state index contributed by atoms with van der Waals surface area (Å²) in [5.74, 6) is 0.778. The Morgan fingerprint density at radius 1 is 1.12 bits per heavy atom. The Morgan fingerprint density at radius 2 is 1.88 bits per heavy atom. The first-order chi connectivity index (χ1) is 12.2. The van der Waals surface area contributed by atoms with E-state index in [0.29, 0.717) is 19.2 Å². The smallest absolute Gasteiger partial charge is 0.250 e. The summed E-state index contributed by atoms with van der Waals surface area (Å²) in [4.78, 5) is 23.7. The van der Waals surface area contributed by atoms with Gasteiger partial charge in [0.2, 0.25) is 5.91 Å². The predicted octanol–water partition coefficient (Wildman–Crippen LogP) is 2.88. The van der Waals surface area contributed by atoms with E-state index in [1.54, 1.807) is 18.3 Å². The number of hydrogen-bond donors (Lipinski definition) is 1. The number of rotatable bonds is 7. The molecule has 0 aliphatic heterocycles. The van der Waals surface area contributed by atoms with Crippen LogP contribution in [0.2, 0.25) is 0 Å². The van der Waals surface area contributed by atoms with E-state index in [1.165, 1.54) is 23.5 Å². The summed E-state index contributed by atoms with van der Waals surface area (Å²) < 4.78 is 7.63. The highest BCUT2D eigenvalue weighted by atomic mass is 16.5. The zero-order valence-corrected chi connectivity index (χ0v) is 14.3. The van der Waals surface area contributed by atoms with Crippen LogP contribution in [0.15, 0.2) is 53.5 Å². The number of carbonyl (C=O) groups excluding carboxylic acids is 1. The average Bonchev–Trinajstić information content (AvgIpc) is 3.13. The van der Waals surface area contributed by atoms with E-state index in [-0.39, 0.29) is 17.9 Å². The van der Waals surface area contributed by atoms with Gasteiger partial charge >= 0.3 is 0 Å². The molecule has 5 nitrogen and oxygen atoms in total. The van der Waals surface area contributed by atoms with Gasteiger partial charge in [0.05, 0.1) is 6.10 Å². The summed E-state index contributed by atoms with van der Waals surface area (Å²) in [6.07, 6.45) is 6.92. The molecule has 1 saturated carbocycles. The first-order valence-electron chi connectivity index (χ1n) is 8.89. The molecule has 25 heavy (non-hydrogen) atoms. The van der Waals surface area contributed by atoms with Crippen molar-refractivity contribution in [2.75, 3.05) is 0 Å². The third-order valence-electron chi connectivity index (χ3n) is 4.52. The number of para-hydroxylation sites is 1. The molecular weight excluding hydrogens is 316 g/mol. The molecule has 1 fully saturated rings. The number of benzene rings is 1. The summed E-state index contributed by atoms with van der Waals surface area (Å²) in [5.41, 5.74) is 0.894. The van der Waals surface area contributed by atoms with Crippen LogP contribution in [0, 0.1) is 0 Å². The SMILES string of the molecule is O=C(CCn1ccccc1=O)NCc1ccccc1OC1CCCC1. The van der Waals surface area contributed by atoms with Crippen LogP contribution in [0.4, 0.5) is 0 Å². The fourth-order valence-electron chi connectivity index (χ4n) is 3.10. The van der Waals surface area contributed by atoms with Crippen LogP contribution in [0.5, 0.6) is 5.75 Å². The van der Waals surface area contributed by atoms with Crippen molar-refractivity contribution in [3.8, 4) is 5.75 Å². The number of nitrogens with one attached hydrogen (secondary N) is 1. The minimum atomic E-state index is -0.0920. The summed E-state index contributed by atoms with van der Waals surface area (Å²) in [7, 11) is 0. The lowest BCUT2D eigenvalue weighted by molar-refractivity contribution is -0.121. The third kappa shape index (κ3) is 4.95. The Bertz CT molecular complexity index is 763. The molecule has 0 saturated heterocycles. The fraction of sp³-hybridized carbons (Fsp3) is 0.400. The van der Waals surface area contributed by atoms with Gasteiger partial charge in [-0.25, -0.2) is 0 Å². The second-order valence-corrected chi connectivity index (χ2v) is 6.39. The van der Waals surface area contributed by atoms with Crippen LogP contribution >= 0.6 is 0 Å². The molecule has 132 valence electrons. The van der Waals surface area contributed by atoms with Crippen LogP contribution in [-0.2, 0) is 17.9 Å². The van der Waals surface area contributed by atoms with Crippen LogP contribution in [0.25, 0.3) is 0 Å². The molecule has 1 aromatic heterocycles. The van der Waals surface area contributed by atoms with E-state index >= 15 is 0 Å². The van der Waals surface area contributed by atoms with Crippen molar-refractivity contribution < 1.29 is 9.53 Å². The molecule has 1 aromatic carbocycles. The van der Waals surface area contributed by atoms with Gasteiger partial charge in [-0.05, 0) is 37.8 Å². The van der Waals surface area contributed by atoms with Gasteiger partial charge in [-0.1, -0.05) is 24.3 Å². The lowest BCUT2D eigenvalue weighted by Gasteiger charge is -2.16. The Hall–Kier alpha value is -2.56. The van der Waals surface area contributed by atoms with Crippen molar-refractivity contribution in [1.82, 2.24) is 9.88 Å². The zero-order valence-electron chi connectivity index (χ0n) is 14.3. The third-order valence-corrected chi connectivity index (χ3v) is 4.52. The average molecular weight is 340 g/mol. The molecule has 0 unspecified atom stereocenters. The van der Waals surface area contributed by atoms with Gasteiger partial charge in [-0.2, -0.15) is 0 Å². The van der Waals surface area contributed by atoms with Gasteiger partial charge in [0, 0.05) is 37.3 Å².